The van der Waals surface area contributed by atoms with Gasteiger partial charge in [-0.1, -0.05) is 59.8 Å². The number of nitrogens with zero attached hydrogens (tertiary/aromatic N) is 5. The van der Waals surface area contributed by atoms with Crippen LogP contribution in [0.4, 0.5) is 13.2 Å². The molecule has 5 aromatic rings. The lowest BCUT2D eigenvalue weighted by molar-refractivity contribution is -0.137. The third kappa shape index (κ3) is 4.64. The summed E-state index contributed by atoms with van der Waals surface area (Å²) in [4.78, 5) is 5.41. The summed E-state index contributed by atoms with van der Waals surface area (Å²) in [6.07, 6.45) is -1.93. The number of hydrogen-bond acceptors (Lipinski definition) is 5. The minimum absolute atomic E-state index is 0.0479. The molecule has 5 nitrogen and oxygen atoms in total. The zero-order chi connectivity index (χ0) is 23.0. The van der Waals surface area contributed by atoms with Crippen LogP contribution in [0, 0.1) is 0 Å². The predicted octanol–water partition coefficient (Wildman–Crippen LogP) is 6.67. The van der Waals surface area contributed by atoms with Crippen LogP contribution in [0.15, 0.2) is 71.5 Å². The van der Waals surface area contributed by atoms with Gasteiger partial charge in [-0.05, 0) is 23.1 Å². The Morgan fingerprint density at radius 1 is 1.03 bits per heavy atom. The van der Waals surface area contributed by atoms with Crippen molar-refractivity contribution in [2.24, 2.45) is 0 Å². The van der Waals surface area contributed by atoms with Crippen LogP contribution in [0.5, 0.6) is 0 Å². The zero-order valence-electron chi connectivity index (χ0n) is 16.8. The standard InChI is InChI=1S/C22H15ClF3N5S2/c23-17-9-15(22(24,25)26)11-30-12-16(27-19(17)30)13-33-21-29-28-20(18-7-4-8-32-18)31(21)10-14-5-2-1-3-6-14/h1-9,11-12H,10,13H2. The lowest BCUT2D eigenvalue weighted by Gasteiger charge is -2.09. The summed E-state index contributed by atoms with van der Waals surface area (Å²) in [6.45, 7) is 0.593. The van der Waals surface area contributed by atoms with Crippen molar-refractivity contribution in [3.63, 3.8) is 0 Å². The number of imidazole rings is 1. The van der Waals surface area contributed by atoms with Gasteiger partial charge in [-0.15, -0.1) is 21.5 Å². The number of aromatic nitrogens is 5. The second-order valence-electron chi connectivity index (χ2n) is 7.18. The van der Waals surface area contributed by atoms with Crippen LogP contribution in [0.2, 0.25) is 5.02 Å². The van der Waals surface area contributed by atoms with Crippen LogP contribution in [-0.2, 0) is 18.5 Å². The summed E-state index contributed by atoms with van der Waals surface area (Å²) >= 11 is 9.06. The van der Waals surface area contributed by atoms with Crippen molar-refractivity contribution in [1.82, 2.24) is 24.1 Å². The van der Waals surface area contributed by atoms with Gasteiger partial charge in [-0.2, -0.15) is 13.2 Å². The van der Waals surface area contributed by atoms with E-state index in [4.69, 9.17) is 11.6 Å². The second-order valence-corrected chi connectivity index (χ2v) is 9.48. The minimum atomic E-state index is -4.48. The third-order valence-corrected chi connectivity index (χ3v) is 7.02. The lowest BCUT2D eigenvalue weighted by Crippen LogP contribution is -2.06. The summed E-state index contributed by atoms with van der Waals surface area (Å²) in [6, 6.07) is 14.8. The smallest absolute Gasteiger partial charge is 0.305 e. The van der Waals surface area contributed by atoms with Gasteiger partial charge in [0.2, 0.25) is 0 Å². The van der Waals surface area contributed by atoms with Gasteiger partial charge in [0, 0.05) is 18.1 Å². The number of alkyl halides is 3. The number of halogens is 4. The molecule has 0 atom stereocenters. The fraction of sp³-hybridized carbons (Fsp3) is 0.136. The van der Waals surface area contributed by atoms with E-state index in [1.807, 2.05) is 52.4 Å². The Bertz CT molecular complexity index is 1400. The zero-order valence-corrected chi connectivity index (χ0v) is 19.2. The monoisotopic (exact) mass is 505 g/mol. The first-order valence-corrected chi connectivity index (χ1v) is 12.0. The molecule has 11 heteroatoms. The molecule has 0 unspecified atom stereocenters. The van der Waals surface area contributed by atoms with Gasteiger partial charge in [0.1, 0.15) is 0 Å². The average Bonchev–Trinajstić information content (AvgIpc) is 3.52. The third-order valence-electron chi connectivity index (χ3n) is 4.87. The van der Waals surface area contributed by atoms with Gasteiger partial charge in [-0.3, -0.25) is 4.57 Å². The van der Waals surface area contributed by atoms with E-state index in [2.05, 4.69) is 15.2 Å². The lowest BCUT2D eigenvalue weighted by atomic mass is 10.2. The van der Waals surface area contributed by atoms with E-state index < -0.39 is 11.7 Å². The highest BCUT2D eigenvalue weighted by molar-refractivity contribution is 7.98. The van der Waals surface area contributed by atoms with Gasteiger partial charge in [0.25, 0.3) is 0 Å². The summed E-state index contributed by atoms with van der Waals surface area (Å²) in [5, 5.41) is 11.4. The normalized spacial score (nSPS) is 12.0. The van der Waals surface area contributed by atoms with E-state index in [0.717, 1.165) is 28.5 Å². The average molecular weight is 506 g/mol. The Morgan fingerprint density at radius 2 is 1.85 bits per heavy atom. The second kappa shape index (κ2) is 8.85. The fourth-order valence-corrected chi connectivity index (χ4v) is 5.16. The van der Waals surface area contributed by atoms with E-state index in [-0.39, 0.29) is 10.7 Å². The maximum Gasteiger partial charge on any atom is 0.417 e. The van der Waals surface area contributed by atoms with Gasteiger partial charge in [0.05, 0.1) is 27.7 Å². The van der Waals surface area contributed by atoms with Crippen LogP contribution in [0.25, 0.3) is 16.3 Å². The maximum absolute atomic E-state index is 13.1. The molecule has 0 aliphatic carbocycles. The van der Waals surface area contributed by atoms with Crippen LogP contribution < -0.4 is 0 Å². The van der Waals surface area contributed by atoms with Crippen molar-refractivity contribution in [2.75, 3.05) is 0 Å². The molecular weight excluding hydrogens is 491 g/mol. The first kappa shape index (κ1) is 22.0. The number of benzene rings is 1. The molecular formula is C22H15ClF3N5S2. The Hall–Kier alpha value is -2.82. The Balaban J connectivity index is 1.44. The minimum Gasteiger partial charge on any atom is -0.305 e. The van der Waals surface area contributed by atoms with Crippen molar-refractivity contribution in [3.8, 4) is 10.7 Å². The number of fused-ring (bicyclic) bond motifs is 1. The van der Waals surface area contributed by atoms with Gasteiger partial charge >= 0.3 is 6.18 Å². The summed E-state index contributed by atoms with van der Waals surface area (Å²) in [5.41, 5.74) is 1.16. The molecule has 0 saturated heterocycles. The van der Waals surface area contributed by atoms with Gasteiger partial charge in [0.15, 0.2) is 16.6 Å². The molecule has 0 bridgehead atoms. The maximum atomic E-state index is 13.1. The van der Waals surface area contributed by atoms with Crippen molar-refractivity contribution in [2.45, 2.75) is 23.6 Å². The molecule has 0 aliphatic rings. The molecule has 33 heavy (non-hydrogen) atoms. The molecule has 0 spiro atoms. The molecule has 0 radical (unpaired) electrons. The molecule has 0 N–H and O–H groups in total. The van der Waals surface area contributed by atoms with Crippen molar-refractivity contribution in [3.05, 3.63) is 88.1 Å². The molecule has 168 valence electrons. The van der Waals surface area contributed by atoms with Crippen molar-refractivity contribution < 1.29 is 13.2 Å². The number of thiophene rings is 1. The quantitative estimate of drug-likeness (QED) is 0.242. The summed E-state index contributed by atoms with van der Waals surface area (Å²) in [7, 11) is 0. The molecule has 5 rings (SSSR count). The van der Waals surface area contributed by atoms with Crippen LogP contribution in [-0.4, -0.2) is 24.1 Å². The number of pyridine rings is 1. The summed E-state index contributed by atoms with van der Waals surface area (Å²) < 4.78 is 42.7. The summed E-state index contributed by atoms with van der Waals surface area (Å²) in [5.74, 6) is 1.17. The van der Waals surface area contributed by atoms with E-state index >= 15 is 0 Å². The van der Waals surface area contributed by atoms with Crippen LogP contribution >= 0.6 is 34.7 Å². The van der Waals surface area contributed by atoms with E-state index in [1.165, 1.54) is 16.2 Å². The highest BCUT2D eigenvalue weighted by Crippen LogP contribution is 2.33. The van der Waals surface area contributed by atoms with E-state index in [0.29, 0.717) is 23.1 Å². The van der Waals surface area contributed by atoms with Crippen molar-refractivity contribution in [1.29, 1.82) is 0 Å². The topological polar surface area (TPSA) is 48.0 Å². The van der Waals surface area contributed by atoms with E-state index in [1.54, 1.807) is 17.5 Å². The van der Waals surface area contributed by atoms with Crippen LogP contribution in [0.1, 0.15) is 16.8 Å². The number of rotatable bonds is 6. The molecule has 0 amide bonds. The van der Waals surface area contributed by atoms with Gasteiger partial charge in [-0.25, -0.2) is 4.98 Å². The molecule has 0 aliphatic heterocycles. The molecule has 0 saturated carbocycles. The first-order valence-electron chi connectivity index (χ1n) is 9.76. The molecule has 0 fully saturated rings. The Labute approximate surface area is 199 Å². The molecule has 4 aromatic heterocycles. The van der Waals surface area contributed by atoms with Crippen molar-refractivity contribution >= 4 is 40.3 Å². The van der Waals surface area contributed by atoms with Gasteiger partial charge < -0.3 is 4.40 Å². The number of thioether (sulfide) groups is 1. The first-order chi connectivity index (χ1) is 15.9. The fourth-order valence-electron chi connectivity index (χ4n) is 3.36. The molecule has 4 heterocycles. The predicted molar refractivity (Wildman–Crippen MR) is 124 cm³/mol. The Kier molecular flexibility index (Phi) is 5.90. The highest BCUT2D eigenvalue weighted by Gasteiger charge is 2.32. The van der Waals surface area contributed by atoms with E-state index in [9.17, 15) is 13.2 Å². The highest BCUT2D eigenvalue weighted by atomic mass is 35.5. The number of hydrogen-bond donors (Lipinski definition) is 0. The van der Waals surface area contributed by atoms with Crippen LogP contribution in [0.3, 0.4) is 0 Å². The Morgan fingerprint density at radius 3 is 2.58 bits per heavy atom. The molecule has 1 aromatic carbocycles. The largest absolute Gasteiger partial charge is 0.417 e. The SMILES string of the molecule is FC(F)(F)c1cc(Cl)c2nc(CSc3nnc(-c4cccs4)n3Cc3ccccc3)cn2c1.